The molecule has 0 radical (unpaired) electrons. The van der Waals surface area contributed by atoms with Crippen molar-refractivity contribution in [2.45, 2.75) is 25.3 Å². The smallest absolute Gasteiger partial charge is 0.303 e. The second-order valence-electron chi connectivity index (χ2n) is 8.16. The van der Waals surface area contributed by atoms with Gasteiger partial charge in [-0.1, -0.05) is 35.3 Å². The summed E-state index contributed by atoms with van der Waals surface area (Å²) in [5.41, 5.74) is 2.64. The summed E-state index contributed by atoms with van der Waals surface area (Å²) in [5, 5.41) is 10.9. The maximum absolute atomic E-state index is 14.4. The fourth-order valence-corrected chi connectivity index (χ4v) is 6.70. The number of nitrogens with zero attached hydrogens (tertiary/aromatic N) is 1. The van der Waals surface area contributed by atoms with Crippen LogP contribution < -0.4 is 15.5 Å². The van der Waals surface area contributed by atoms with Crippen molar-refractivity contribution >= 4 is 41.9 Å². The fourth-order valence-electron chi connectivity index (χ4n) is 4.01. The Morgan fingerprint density at radius 2 is 1.57 bits per heavy atom. The highest BCUT2D eigenvalue weighted by atomic mass is 35.5. The largest absolute Gasteiger partial charge is 0.457 e. The van der Waals surface area contributed by atoms with E-state index < -0.39 is 13.4 Å². The van der Waals surface area contributed by atoms with Gasteiger partial charge in [0.25, 0.3) is 5.91 Å². The van der Waals surface area contributed by atoms with Crippen LogP contribution >= 0.6 is 30.7 Å². The van der Waals surface area contributed by atoms with E-state index in [1.807, 2.05) is 12.1 Å². The molecule has 1 aliphatic rings. The quantitative estimate of drug-likeness (QED) is 0.225. The molecule has 184 valence electrons. The summed E-state index contributed by atoms with van der Waals surface area (Å²) >= 11 is 11.9. The maximum atomic E-state index is 14.4. The lowest BCUT2D eigenvalue weighted by Gasteiger charge is -2.34. The van der Waals surface area contributed by atoms with Crippen molar-refractivity contribution in [3.63, 3.8) is 0 Å². The number of nitrogens with one attached hydrogen (secondary N) is 1. The first-order valence-corrected chi connectivity index (χ1v) is 13.4. The van der Waals surface area contributed by atoms with Gasteiger partial charge in [0, 0.05) is 16.1 Å². The first-order valence-electron chi connectivity index (χ1n) is 11.1. The molecule has 1 fully saturated rings. The number of halogens is 2. The molecule has 2 unspecified atom stereocenters. The number of carbonyl (C=O) groups is 1. The summed E-state index contributed by atoms with van der Waals surface area (Å²) in [6.07, 6.45) is 1.89. The van der Waals surface area contributed by atoms with Crippen LogP contribution in [0.5, 0.6) is 11.5 Å². The summed E-state index contributed by atoms with van der Waals surface area (Å²) < 4.78 is 27.7. The third-order valence-corrected chi connectivity index (χ3v) is 8.87. The van der Waals surface area contributed by atoms with E-state index in [2.05, 4.69) is 0 Å². The van der Waals surface area contributed by atoms with E-state index >= 15 is 0 Å². The van der Waals surface area contributed by atoms with Crippen LogP contribution in [-0.2, 0) is 20.3 Å². The van der Waals surface area contributed by atoms with Gasteiger partial charge in [0.15, 0.2) is 0 Å². The third kappa shape index (κ3) is 6.44. The highest BCUT2D eigenvalue weighted by Gasteiger charge is 2.41. The minimum absolute atomic E-state index is 0.258. The molecule has 3 aromatic rings. The molecule has 1 aliphatic heterocycles. The Labute approximate surface area is 214 Å². The minimum Gasteiger partial charge on any atom is -0.457 e. The molecule has 0 aliphatic carbocycles. The lowest BCUT2D eigenvalue weighted by atomic mass is 10.0. The molecular formula is C25H25Cl2N2O5P. The third-order valence-electron chi connectivity index (χ3n) is 5.73. The molecule has 1 saturated heterocycles. The Bertz CT molecular complexity index is 1190. The monoisotopic (exact) mass is 534 g/mol. The van der Waals surface area contributed by atoms with E-state index in [-0.39, 0.29) is 19.2 Å². The minimum atomic E-state index is -3.64. The van der Waals surface area contributed by atoms with Gasteiger partial charge in [-0.15, -0.1) is 0 Å². The van der Waals surface area contributed by atoms with E-state index in [0.29, 0.717) is 46.1 Å². The van der Waals surface area contributed by atoms with Crippen LogP contribution in [0.4, 0.5) is 0 Å². The van der Waals surface area contributed by atoms with Gasteiger partial charge >= 0.3 is 7.52 Å². The SMILES string of the molecule is O=C(CN1C(Cc2ccc(Cl)cc2)CCCOP1(=O)c1ccc(Oc2ccc(Cl)cc2)cc1)NO. The molecule has 2 atom stereocenters. The van der Waals surface area contributed by atoms with Gasteiger partial charge in [-0.2, -0.15) is 0 Å². The van der Waals surface area contributed by atoms with Crippen LogP contribution in [-0.4, -0.2) is 35.0 Å². The first kappa shape index (κ1) is 25.7. The Balaban J connectivity index is 1.62. The maximum Gasteiger partial charge on any atom is 0.303 e. The van der Waals surface area contributed by atoms with Crippen molar-refractivity contribution < 1.29 is 23.8 Å². The molecule has 0 aromatic heterocycles. The Morgan fingerprint density at radius 1 is 1.00 bits per heavy atom. The predicted molar refractivity (Wildman–Crippen MR) is 136 cm³/mol. The molecule has 0 bridgehead atoms. The number of carbonyl (C=O) groups excluding carboxylic acids is 1. The lowest BCUT2D eigenvalue weighted by Crippen LogP contribution is -2.42. The molecule has 0 saturated carbocycles. The average molecular weight is 535 g/mol. The number of rotatable bonds is 7. The van der Waals surface area contributed by atoms with E-state index in [1.165, 1.54) is 0 Å². The van der Waals surface area contributed by atoms with E-state index in [4.69, 9.17) is 32.5 Å². The van der Waals surface area contributed by atoms with E-state index in [0.717, 1.165) is 5.56 Å². The molecule has 4 rings (SSSR count). The topological polar surface area (TPSA) is 88.1 Å². The van der Waals surface area contributed by atoms with Crippen molar-refractivity contribution in [2.75, 3.05) is 13.2 Å². The number of amides is 1. The standard InChI is InChI=1S/C25H25Cl2N2O5P/c26-19-5-3-18(4-6-19)16-21-2-1-15-33-35(32,29(21)17-25(30)28-31)24-13-11-23(12-14-24)34-22-9-7-20(27)8-10-22/h3-14,21,31H,1-2,15-17H2,(H,28,30). The van der Waals surface area contributed by atoms with E-state index in [1.54, 1.807) is 70.8 Å². The van der Waals surface area contributed by atoms with Crippen molar-refractivity contribution in [1.29, 1.82) is 0 Å². The van der Waals surface area contributed by atoms with Crippen LogP contribution in [0.1, 0.15) is 18.4 Å². The van der Waals surface area contributed by atoms with Crippen LogP contribution in [0.2, 0.25) is 10.0 Å². The first-order chi connectivity index (χ1) is 16.9. The van der Waals surface area contributed by atoms with E-state index in [9.17, 15) is 14.6 Å². The fraction of sp³-hybridized carbons (Fsp3) is 0.240. The predicted octanol–water partition coefficient (Wildman–Crippen LogP) is 5.83. The summed E-state index contributed by atoms with van der Waals surface area (Å²) in [6.45, 7) is 0.00370. The van der Waals surface area contributed by atoms with Gasteiger partial charge in [-0.3, -0.25) is 14.6 Å². The van der Waals surface area contributed by atoms with Gasteiger partial charge < -0.3 is 9.26 Å². The van der Waals surface area contributed by atoms with Crippen LogP contribution in [0.15, 0.2) is 72.8 Å². The number of ether oxygens (including phenoxy) is 1. The number of hydrogen-bond acceptors (Lipinski definition) is 5. The van der Waals surface area contributed by atoms with Crippen molar-refractivity contribution in [2.24, 2.45) is 0 Å². The molecule has 1 heterocycles. The van der Waals surface area contributed by atoms with Gasteiger partial charge in [0.2, 0.25) is 0 Å². The van der Waals surface area contributed by atoms with Crippen LogP contribution in [0, 0.1) is 0 Å². The molecular weight excluding hydrogens is 510 g/mol. The summed E-state index contributed by atoms with van der Waals surface area (Å²) in [7, 11) is -3.64. The molecule has 35 heavy (non-hydrogen) atoms. The second kappa shape index (κ2) is 11.6. The van der Waals surface area contributed by atoms with Gasteiger partial charge in [0.1, 0.15) is 11.5 Å². The van der Waals surface area contributed by atoms with Gasteiger partial charge in [0.05, 0.1) is 18.5 Å². The number of hydrogen-bond donors (Lipinski definition) is 2. The van der Waals surface area contributed by atoms with Crippen molar-refractivity contribution in [3.8, 4) is 11.5 Å². The molecule has 7 nitrogen and oxygen atoms in total. The van der Waals surface area contributed by atoms with Gasteiger partial charge in [-0.25, -0.2) is 10.2 Å². The Kier molecular flexibility index (Phi) is 8.50. The van der Waals surface area contributed by atoms with Gasteiger partial charge in [-0.05, 0) is 85.5 Å². The Morgan fingerprint density at radius 3 is 2.17 bits per heavy atom. The zero-order chi connectivity index (χ0) is 24.8. The normalized spacial score (nSPS) is 20.7. The highest BCUT2D eigenvalue weighted by Crippen LogP contribution is 2.53. The number of hydroxylamine groups is 1. The van der Waals surface area contributed by atoms with Crippen LogP contribution in [0.25, 0.3) is 0 Å². The molecule has 10 heteroatoms. The summed E-state index contributed by atoms with van der Waals surface area (Å²) in [6, 6.07) is 20.9. The van der Waals surface area contributed by atoms with Crippen LogP contribution in [0.3, 0.4) is 0 Å². The Hall–Kier alpha value is -2.38. The number of benzene rings is 3. The zero-order valence-corrected chi connectivity index (χ0v) is 21.2. The average Bonchev–Trinajstić information content (AvgIpc) is 3.02. The lowest BCUT2D eigenvalue weighted by molar-refractivity contribution is -0.129. The highest BCUT2D eigenvalue weighted by molar-refractivity contribution is 7.64. The molecule has 3 aromatic carbocycles. The summed E-state index contributed by atoms with van der Waals surface area (Å²) in [5.74, 6) is 0.498. The molecule has 2 N–H and O–H groups in total. The zero-order valence-electron chi connectivity index (χ0n) is 18.8. The summed E-state index contributed by atoms with van der Waals surface area (Å²) in [4.78, 5) is 12.2. The van der Waals surface area contributed by atoms with Crippen molar-refractivity contribution in [1.82, 2.24) is 10.2 Å². The van der Waals surface area contributed by atoms with Crippen molar-refractivity contribution in [3.05, 3.63) is 88.4 Å². The second-order valence-corrected chi connectivity index (χ2v) is 11.4. The molecule has 1 amide bonds. The molecule has 0 spiro atoms.